The molecule has 92 valence electrons. The van der Waals surface area contributed by atoms with E-state index in [9.17, 15) is 0 Å². The van der Waals surface area contributed by atoms with Gasteiger partial charge in [0.15, 0.2) is 0 Å². The van der Waals surface area contributed by atoms with Crippen molar-refractivity contribution in [2.24, 2.45) is 0 Å². The molecule has 1 aromatic heterocycles. The first kappa shape index (κ1) is 14.8. The Hall–Kier alpha value is -1.15. The molecule has 1 aromatic rings. The van der Waals surface area contributed by atoms with E-state index in [1.165, 1.54) is 0 Å². The van der Waals surface area contributed by atoms with E-state index in [0.717, 1.165) is 0 Å². The first-order valence-corrected chi connectivity index (χ1v) is 4.98. The van der Waals surface area contributed by atoms with Crippen molar-refractivity contribution in [3.05, 3.63) is 18.5 Å². The zero-order valence-electron chi connectivity index (χ0n) is 9.11. The fourth-order valence-corrected chi connectivity index (χ4v) is 0.965. The molecule has 0 saturated carbocycles. The largest absolute Gasteiger partial charge is 0.395 e. The van der Waals surface area contributed by atoms with Gasteiger partial charge in [0.05, 0.1) is 32.2 Å². The smallest absolute Gasteiger partial charge is 0.0558 e. The molecule has 7 nitrogen and oxygen atoms in total. The van der Waals surface area contributed by atoms with Crippen LogP contribution < -0.4 is 0 Å². The monoisotopic (exact) mass is 230 g/mol. The first-order valence-electron chi connectivity index (χ1n) is 4.98. The summed E-state index contributed by atoms with van der Waals surface area (Å²) in [6.45, 7) is 1.75. The summed E-state index contributed by atoms with van der Waals surface area (Å²) in [5.41, 5.74) is 0. The predicted molar refractivity (Wildman–Crippen MR) is 57.5 cm³/mol. The van der Waals surface area contributed by atoms with Gasteiger partial charge in [-0.2, -0.15) is 0 Å². The summed E-state index contributed by atoms with van der Waals surface area (Å²) in [6.07, 6.45) is 3.15. The van der Waals surface area contributed by atoms with E-state index in [4.69, 9.17) is 15.3 Å². The van der Waals surface area contributed by atoms with Crippen molar-refractivity contribution in [1.82, 2.24) is 20.3 Å². The summed E-state index contributed by atoms with van der Waals surface area (Å²) in [7, 11) is 0. The molecule has 0 fully saturated rings. The van der Waals surface area contributed by atoms with E-state index in [1.807, 2.05) is 0 Å². The molecule has 0 aliphatic rings. The van der Waals surface area contributed by atoms with E-state index >= 15 is 0 Å². The Morgan fingerprint density at radius 2 is 1.25 bits per heavy atom. The topological polar surface area (TPSA) is 103 Å². The second-order valence-corrected chi connectivity index (χ2v) is 2.82. The maximum absolute atomic E-state index is 8.48. The standard InChI is InChI=1S/C6H15NO3.C3H3N3/c8-4-1-7(2-5-9)3-6-10;1-2-4-6-5-3-1/h8-10H,1-6H2;1-3H. The summed E-state index contributed by atoms with van der Waals surface area (Å²) in [6, 6.07) is 1.72. The minimum atomic E-state index is 0.0694. The van der Waals surface area contributed by atoms with E-state index in [0.29, 0.717) is 19.6 Å². The maximum atomic E-state index is 8.48. The Balaban J connectivity index is 0.000000315. The molecule has 0 saturated heterocycles. The Labute approximate surface area is 94.4 Å². The number of nitrogens with zero attached hydrogens (tertiary/aromatic N) is 4. The summed E-state index contributed by atoms with van der Waals surface area (Å²) in [5.74, 6) is 0. The minimum Gasteiger partial charge on any atom is -0.395 e. The van der Waals surface area contributed by atoms with Crippen molar-refractivity contribution in [1.29, 1.82) is 0 Å². The summed E-state index contributed by atoms with van der Waals surface area (Å²) in [4.78, 5) is 1.79. The molecular formula is C9H18N4O3. The van der Waals surface area contributed by atoms with Crippen LogP contribution >= 0.6 is 0 Å². The molecule has 0 aromatic carbocycles. The zero-order chi connectivity index (χ0) is 12.1. The van der Waals surface area contributed by atoms with Crippen LogP contribution in [0.25, 0.3) is 0 Å². The van der Waals surface area contributed by atoms with Gasteiger partial charge >= 0.3 is 0 Å². The molecule has 0 bridgehead atoms. The van der Waals surface area contributed by atoms with Crippen molar-refractivity contribution < 1.29 is 15.3 Å². The zero-order valence-corrected chi connectivity index (χ0v) is 9.11. The Morgan fingerprint density at radius 1 is 0.812 bits per heavy atom. The van der Waals surface area contributed by atoms with Gasteiger partial charge < -0.3 is 15.3 Å². The molecule has 0 atom stereocenters. The number of aliphatic hydroxyl groups is 3. The molecular weight excluding hydrogens is 212 g/mol. The molecule has 0 aliphatic heterocycles. The highest BCUT2D eigenvalue weighted by Gasteiger charge is 2.00. The van der Waals surface area contributed by atoms with Crippen molar-refractivity contribution in [2.45, 2.75) is 0 Å². The number of aromatic nitrogens is 3. The third-order valence-electron chi connectivity index (χ3n) is 1.66. The first-order chi connectivity index (χ1) is 7.85. The van der Waals surface area contributed by atoms with E-state index in [-0.39, 0.29) is 19.8 Å². The molecule has 7 heteroatoms. The van der Waals surface area contributed by atoms with Gasteiger partial charge in [-0.3, -0.25) is 4.90 Å². The predicted octanol–water partition coefficient (Wildman–Crippen LogP) is -1.86. The van der Waals surface area contributed by atoms with E-state index < -0.39 is 0 Å². The van der Waals surface area contributed by atoms with E-state index in [2.05, 4.69) is 15.4 Å². The van der Waals surface area contributed by atoms with Crippen LogP contribution in [0.1, 0.15) is 0 Å². The van der Waals surface area contributed by atoms with Crippen molar-refractivity contribution in [3.63, 3.8) is 0 Å². The molecule has 0 amide bonds. The summed E-state index contributed by atoms with van der Waals surface area (Å²) < 4.78 is 0. The number of aliphatic hydroxyl groups excluding tert-OH is 3. The van der Waals surface area contributed by atoms with Crippen LogP contribution in [-0.2, 0) is 0 Å². The van der Waals surface area contributed by atoms with Gasteiger partial charge in [-0.05, 0) is 11.3 Å². The maximum Gasteiger partial charge on any atom is 0.0558 e. The number of rotatable bonds is 6. The molecule has 0 unspecified atom stereocenters. The molecule has 0 aliphatic carbocycles. The third kappa shape index (κ3) is 9.41. The minimum absolute atomic E-state index is 0.0694. The average Bonchev–Trinajstić information content (AvgIpc) is 2.33. The number of hydrogen-bond acceptors (Lipinski definition) is 7. The average molecular weight is 230 g/mol. The summed E-state index contributed by atoms with van der Waals surface area (Å²) in [5, 5.41) is 35.6. The van der Waals surface area contributed by atoms with Crippen molar-refractivity contribution in [3.8, 4) is 0 Å². The lowest BCUT2D eigenvalue weighted by molar-refractivity contribution is 0.136. The fourth-order valence-electron chi connectivity index (χ4n) is 0.965. The lowest BCUT2D eigenvalue weighted by Gasteiger charge is -2.17. The van der Waals surface area contributed by atoms with Gasteiger partial charge in [-0.15, -0.1) is 10.2 Å². The number of hydrogen-bond donors (Lipinski definition) is 3. The fraction of sp³-hybridized carbons (Fsp3) is 0.667. The van der Waals surface area contributed by atoms with Crippen LogP contribution in [-0.4, -0.2) is 75.1 Å². The van der Waals surface area contributed by atoms with Crippen molar-refractivity contribution in [2.75, 3.05) is 39.5 Å². The van der Waals surface area contributed by atoms with Gasteiger partial charge in [-0.25, -0.2) is 0 Å². The molecule has 3 N–H and O–H groups in total. The van der Waals surface area contributed by atoms with E-state index in [1.54, 1.807) is 23.4 Å². The molecule has 1 rings (SSSR count). The third-order valence-corrected chi connectivity index (χ3v) is 1.66. The van der Waals surface area contributed by atoms with Gasteiger partial charge in [0.1, 0.15) is 0 Å². The second kappa shape index (κ2) is 11.9. The van der Waals surface area contributed by atoms with Gasteiger partial charge in [0.2, 0.25) is 0 Å². The molecule has 16 heavy (non-hydrogen) atoms. The lowest BCUT2D eigenvalue weighted by Crippen LogP contribution is -2.32. The Morgan fingerprint density at radius 3 is 1.44 bits per heavy atom. The van der Waals surface area contributed by atoms with Crippen molar-refractivity contribution >= 4 is 0 Å². The van der Waals surface area contributed by atoms with Crippen LogP contribution in [0.4, 0.5) is 0 Å². The van der Waals surface area contributed by atoms with Crippen LogP contribution in [0.3, 0.4) is 0 Å². The second-order valence-electron chi connectivity index (χ2n) is 2.82. The lowest BCUT2D eigenvalue weighted by atomic mass is 10.4. The molecule has 0 spiro atoms. The highest BCUT2D eigenvalue weighted by molar-refractivity contribution is 4.69. The molecule has 1 heterocycles. The quantitative estimate of drug-likeness (QED) is 0.526. The van der Waals surface area contributed by atoms with Gasteiger partial charge in [0, 0.05) is 19.6 Å². The van der Waals surface area contributed by atoms with Crippen LogP contribution in [0.2, 0.25) is 0 Å². The van der Waals surface area contributed by atoms with Crippen LogP contribution in [0, 0.1) is 0 Å². The highest BCUT2D eigenvalue weighted by Crippen LogP contribution is 1.84. The normalized spacial score (nSPS) is 9.75. The van der Waals surface area contributed by atoms with Crippen LogP contribution in [0.15, 0.2) is 18.5 Å². The van der Waals surface area contributed by atoms with Crippen LogP contribution in [0.5, 0.6) is 0 Å². The molecule has 0 radical (unpaired) electrons. The van der Waals surface area contributed by atoms with Gasteiger partial charge in [0.25, 0.3) is 0 Å². The Kier molecular flexibility index (Phi) is 11.1. The van der Waals surface area contributed by atoms with Gasteiger partial charge in [-0.1, -0.05) is 0 Å². The summed E-state index contributed by atoms with van der Waals surface area (Å²) >= 11 is 0. The Bertz CT molecular complexity index is 184. The SMILES string of the molecule is OCCN(CCO)CCO.c1cnnnc1. The highest BCUT2D eigenvalue weighted by atomic mass is 16.3.